The molecule has 1 aliphatic rings. The summed E-state index contributed by atoms with van der Waals surface area (Å²) in [7, 11) is 0. The first-order valence-corrected chi connectivity index (χ1v) is 11.3. The van der Waals surface area contributed by atoms with Crippen molar-refractivity contribution in [1.29, 1.82) is 0 Å². The summed E-state index contributed by atoms with van der Waals surface area (Å²) in [6.07, 6.45) is 2.44. The first-order chi connectivity index (χ1) is 16.3. The Morgan fingerprint density at radius 1 is 1.09 bits per heavy atom. The molecule has 0 unspecified atom stereocenters. The van der Waals surface area contributed by atoms with E-state index in [1.807, 2.05) is 41.1 Å². The predicted octanol–water partition coefficient (Wildman–Crippen LogP) is 5.43. The third-order valence-corrected chi connectivity index (χ3v) is 5.99. The Kier molecular flexibility index (Phi) is 5.32. The number of amides is 1. The van der Waals surface area contributed by atoms with E-state index in [-0.39, 0.29) is 5.41 Å². The maximum Gasteiger partial charge on any atom is 0.254 e. The highest BCUT2D eigenvalue weighted by Crippen LogP contribution is 2.36. The van der Waals surface area contributed by atoms with Gasteiger partial charge in [0.25, 0.3) is 5.91 Å². The average molecular weight is 454 g/mol. The van der Waals surface area contributed by atoms with Crippen molar-refractivity contribution < 1.29 is 9.53 Å². The number of benzene rings is 2. The third-order valence-electron chi connectivity index (χ3n) is 5.99. The van der Waals surface area contributed by atoms with Gasteiger partial charge in [0.05, 0.1) is 0 Å². The number of rotatable bonds is 4. The molecule has 0 aliphatic carbocycles. The van der Waals surface area contributed by atoms with Crippen molar-refractivity contribution in [3.63, 3.8) is 0 Å². The highest BCUT2D eigenvalue weighted by atomic mass is 16.5. The second-order valence-electron chi connectivity index (χ2n) is 9.46. The fourth-order valence-electron chi connectivity index (χ4n) is 4.12. The van der Waals surface area contributed by atoms with Gasteiger partial charge in [-0.25, -0.2) is 9.67 Å². The van der Waals surface area contributed by atoms with Gasteiger partial charge in [-0.2, -0.15) is 5.10 Å². The van der Waals surface area contributed by atoms with Crippen LogP contribution in [0.1, 0.15) is 42.3 Å². The zero-order chi connectivity index (χ0) is 23.9. The van der Waals surface area contributed by atoms with Crippen LogP contribution in [0, 0.1) is 0 Å². The second kappa shape index (κ2) is 8.33. The largest absolute Gasteiger partial charge is 0.439 e. The number of aromatic nitrogens is 3. The number of carbonyl (C=O) groups is 1. The zero-order valence-corrected chi connectivity index (χ0v) is 19.5. The summed E-state index contributed by atoms with van der Waals surface area (Å²) in [6, 6.07) is 19.5. The lowest BCUT2D eigenvalue weighted by atomic mass is 9.85. The van der Waals surface area contributed by atoms with Gasteiger partial charge in [0, 0.05) is 30.1 Å². The monoisotopic (exact) mass is 453 g/mol. The number of hydrogen-bond donors (Lipinski definition) is 2. The summed E-state index contributed by atoms with van der Waals surface area (Å²) in [5, 5.41) is 8.16. The molecule has 0 saturated carbocycles. The van der Waals surface area contributed by atoms with Crippen molar-refractivity contribution in [2.45, 2.75) is 39.2 Å². The van der Waals surface area contributed by atoms with Crippen LogP contribution in [0.3, 0.4) is 0 Å². The minimum absolute atomic E-state index is 0.0594. The van der Waals surface area contributed by atoms with E-state index in [9.17, 15) is 4.79 Å². The van der Waals surface area contributed by atoms with Crippen LogP contribution < -0.4 is 15.8 Å². The molecule has 1 aliphatic heterocycles. The molecule has 4 aromatic rings. The van der Waals surface area contributed by atoms with Gasteiger partial charge >= 0.3 is 0 Å². The number of ether oxygens (including phenoxy) is 1. The van der Waals surface area contributed by atoms with Gasteiger partial charge in [0.2, 0.25) is 5.88 Å². The van der Waals surface area contributed by atoms with E-state index in [0.717, 1.165) is 12.1 Å². The maximum atomic E-state index is 12.5. The van der Waals surface area contributed by atoms with Crippen LogP contribution in [0.2, 0.25) is 0 Å². The Hall–Kier alpha value is -4.13. The molecule has 0 fully saturated rings. The van der Waals surface area contributed by atoms with Gasteiger partial charge in [-0.15, -0.1) is 0 Å². The molecule has 7 nitrogen and oxygen atoms in total. The fourth-order valence-corrected chi connectivity index (χ4v) is 4.12. The smallest absolute Gasteiger partial charge is 0.254 e. The van der Waals surface area contributed by atoms with Crippen LogP contribution in [0.4, 0.5) is 11.5 Å². The normalized spacial score (nSPS) is 12.8. The number of pyridine rings is 1. The number of primary amides is 1. The quantitative estimate of drug-likeness (QED) is 0.429. The molecule has 5 rings (SSSR count). The average Bonchev–Trinajstić information content (AvgIpc) is 3.07. The summed E-state index contributed by atoms with van der Waals surface area (Å²) >= 11 is 0. The Morgan fingerprint density at radius 3 is 2.56 bits per heavy atom. The Balaban J connectivity index is 1.48. The lowest BCUT2D eigenvalue weighted by molar-refractivity contribution is 0.100. The minimum atomic E-state index is -0.539. The predicted molar refractivity (Wildman–Crippen MR) is 133 cm³/mol. The molecule has 34 heavy (non-hydrogen) atoms. The molecule has 0 radical (unpaired) electrons. The van der Waals surface area contributed by atoms with E-state index >= 15 is 0 Å². The van der Waals surface area contributed by atoms with E-state index in [4.69, 9.17) is 15.6 Å². The lowest BCUT2D eigenvalue weighted by Gasteiger charge is -2.21. The second-order valence-corrected chi connectivity index (χ2v) is 9.46. The number of para-hydroxylation sites is 1. The number of carbonyl (C=O) groups excluding carboxylic acids is 1. The highest BCUT2D eigenvalue weighted by Gasteiger charge is 2.27. The summed E-state index contributed by atoms with van der Waals surface area (Å²) in [6.45, 7) is 7.23. The van der Waals surface area contributed by atoms with Crippen LogP contribution in [0.5, 0.6) is 11.6 Å². The van der Waals surface area contributed by atoms with Crippen LogP contribution in [-0.4, -0.2) is 20.7 Å². The molecule has 0 atom stereocenters. The summed E-state index contributed by atoms with van der Waals surface area (Å²) in [4.78, 5) is 16.9. The Labute approximate surface area is 198 Å². The van der Waals surface area contributed by atoms with Gasteiger partial charge in [-0.1, -0.05) is 51.1 Å². The Morgan fingerprint density at radius 2 is 1.88 bits per heavy atom. The summed E-state index contributed by atoms with van der Waals surface area (Å²) in [5.74, 6) is 1.22. The zero-order valence-electron chi connectivity index (χ0n) is 19.5. The van der Waals surface area contributed by atoms with Crippen LogP contribution in [0.15, 0.2) is 66.9 Å². The van der Waals surface area contributed by atoms with E-state index in [0.29, 0.717) is 40.8 Å². The minimum Gasteiger partial charge on any atom is -0.439 e. The molecule has 3 heterocycles. The maximum absolute atomic E-state index is 12.5. The van der Waals surface area contributed by atoms with Crippen molar-refractivity contribution in [1.82, 2.24) is 14.8 Å². The molecular formula is C27H27N5O2. The highest BCUT2D eigenvalue weighted by molar-refractivity contribution is 6.04. The molecule has 2 aromatic carbocycles. The number of anilines is 2. The standard InChI is InChI=1S/C27H27N5O2/c1-27(2,3)19-10-11-21-17(15-19)13-14-32-26(30-21)23(25(28)33)24(31-32)18-9-12-22(29-16-18)34-20-7-5-4-6-8-20/h4-12,15-16,30H,13-14H2,1-3H3,(H2,28,33). The molecule has 0 spiro atoms. The van der Waals surface area contributed by atoms with Crippen molar-refractivity contribution in [2.75, 3.05) is 5.32 Å². The molecule has 0 bridgehead atoms. The molecule has 1 amide bonds. The Bertz CT molecular complexity index is 1350. The van der Waals surface area contributed by atoms with Crippen LogP contribution >= 0.6 is 0 Å². The molecule has 2 aromatic heterocycles. The van der Waals surface area contributed by atoms with Crippen molar-refractivity contribution in [3.8, 4) is 22.9 Å². The van der Waals surface area contributed by atoms with Crippen LogP contribution in [-0.2, 0) is 18.4 Å². The third kappa shape index (κ3) is 4.12. The van der Waals surface area contributed by atoms with Crippen molar-refractivity contribution in [3.05, 3.63) is 83.6 Å². The van der Waals surface area contributed by atoms with E-state index < -0.39 is 5.91 Å². The fraction of sp³-hybridized carbons (Fsp3) is 0.222. The molecule has 3 N–H and O–H groups in total. The number of fused-ring (bicyclic) bond motifs is 2. The molecule has 7 heteroatoms. The molecular weight excluding hydrogens is 426 g/mol. The summed E-state index contributed by atoms with van der Waals surface area (Å²) < 4.78 is 7.60. The van der Waals surface area contributed by atoms with Gasteiger partial charge < -0.3 is 15.8 Å². The van der Waals surface area contributed by atoms with Crippen LogP contribution in [0.25, 0.3) is 11.3 Å². The van der Waals surface area contributed by atoms with Crippen molar-refractivity contribution >= 4 is 17.4 Å². The van der Waals surface area contributed by atoms with Gasteiger partial charge in [-0.3, -0.25) is 4.79 Å². The van der Waals surface area contributed by atoms with E-state index in [2.05, 4.69) is 49.3 Å². The summed E-state index contributed by atoms with van der Waals surface area (Å²) in [5.41, 5.74) is 10.9. The topological polar surface area (TPSA) is 95.1 Å². The van der Waals surface area contributed by atoms with Gasteiger partial charge in [-0.05, 0) is 47.2 Å². The number of hydrogen-bond acceptors (Lipinski definition) is 5. The number of aryl methyl sites for hydroxylation is 2. The van der Waals surface area contributed by atoms with Gasteiger partial charge in [0.15, 0.2) is 0 Å². The first-order valence-electron chi connectivity index (χ1n) is 11.3. The van der Waals surface area contributed by atoms with Crippen molar-refractivity contribution in [2.24, 2.45) is 5.73 Å². The van der Waals surface area contributed by atoms with E-state index in [1.165, 1.54) is 11.1 Å². The van der Waals surface area contributed by atoms with Gasteiger partial charge in [0.1, 0.15) is 22.8 Å². The SMILES string of the molecule is CC(C)(C)c1ccc2c(c1)CCn1nc(-c3ccc(Oc4ccccc4)nc3)c(C(N)=O)c1N2. The lowest BCUT2D eigenvalue weighted by Crippen LogP contribution is -2.14. The van der Waals surface area contributed by atoms with E-state index in [1.54, 1.807) is 12.3 Å². The first kappa shape index (κ1) is 21.7. The number of nitrogens with one attached hydrogen (secondary N) is 1. The number of nitrogens with two attached hydrogens (primary N) is 1. The molecule has 172 valence electrons. The molecule has 0 saturated heterocycles. The number of nitrogens with zero attached hydrogens (tertiary/aromatic N) is 3.